The van der Waals surface area contributed by atoms with E-state index in [0.29, 0.717) is 42.0 Å². The fraction of sp³-hybridized carbons (Fsp3) is 0.333. The van der Waals surface area contributed by atoms with Crippen LogP contribution in [0.2, 0.25) is 10.0 Å². The van der Waals surface area contributed by atoms with Gasteiger partial charge in [0.25, 0.3) is 0 Å². The first-order valence-corrected chi connectivity index (χ1v) is 7.85. The van der Waals surface area contributed by atoms with E-state index in [1.807, 2.05) is 28.0 Å². The normalized spacial score (nSPS) is 13.2. The maximum Gasteiger partial charge on any atom is 0.169 e. The molecule has 0 aromatic heterocycles. The predicted octanol–water partition coefficient (Wildman–Crippen LogP) is 3.68. The van der Waals surface area contributed by atoms with Crippen LogP contribution in [0.4, 0.5) is 0 Å². The average molecular weight is 362 g/mol. The van der Waals surface area contributed by atoms with E-state index in [0.717, 1.165) is 5.56 Å². The highest BCUT2D eigenvalue weighted by molar-refractivity contribution is 6.42. The number of halogens is 2. The van der Waals surface area contributed by atoms with Gasteiger partial charge < -0.3 is 9.80 Å². The van der Waals surface area contributed by atoms with Crippen molar-refractivity contribution in [2.24, 2.45) is 5.11 Å². The van der Waals surface area contributed by atoms with Gasteiger partial charge in [0.15, 0.2) is 5.57 Å². The number of allylic oxidation sites excluding steroid dienone is 1. The maximum atomic E-state index is 9.24. The molecule has 0 spiro atoms. The lowest BCUT2D eigenvalue weighted by Gasteiger charge is -2.24. The Hall–Kier alpha value is -2.57. The van der Waals surface area contributed by atoms with Crippen LogP contribution in [0.3, 0.4) is 0 Å². The summed E-state index contributed by atoms with van der Waals surface area (Å²) in [4.78, 5) is 6.55. The first kappa shape index (κ1) is 17.8. The molecule has 24 heavy (non-hydrogen) atoms. The van der Waals surface area contributed by atoms with Crippen molar-refractivity contribution in [3.8, 4) is 12.1 Å². The molecule has 1 aromatic carbocycles. The van der Waals surface area contributed by atoms with Crippen LogP contribution in [-0.2, 0) is 6.54 Å². The first-order chi connectivity index (χ1) is 11.6. The molecule has 1 aromatic rings. The molecule has 1 fully saturated rings. The van der Waals surface area contributed by atoms with E-state index in [-0.39, 0.29) is 12.1 Å². The second-order valence-electron chi connectivity index (χ2n) is 5.03. The Morgan fingerprint density at radius 2 is 1.92 bits per heavy atom. The number of nitriles is 2. The zero-order valence-corrected chi connectivity index (χ0v) is 14.2. The van der Waals surface area contributed by atoms with E-state index in [2.05, 4.69) is 10.0 Å². The van der Waals surface area contributed by atoms with E-state index < -0.39 is 0 Å². The number of nitrogens with zero attached hydrogens (tertiary/aromatic N) is 7. The largest absolute Gasteiger partial charge is 0.355 e. The third-order valence-corrected chi connectivity index (χ3v) is 4.32. The highest BCUT2D eigenvalue weighted by atomic mass is 35.5. The van der Waals surface area contributed by atoms with Gasteiger partial charge in [-0.1, -0.05) is 34.4 Å². The van der Waals surface area contributed by atoms with E-state index in [9.17, 15) is 10.5 Å². The third-order valence-electron chi connectivity index (χ3n) is 3.58. The van der Waals surface area contributed by atoms with Gasteiger partial charge in [0, 0.05) is 37.6 Å². The Labute approximate surface area is 149 Å². The van der Waals surface area contributed by atoms with Crippen LogP contribution in [0, 0.1) is 22.7 Å². The van der Waals surface area contributed by atoms with E-state index >= 15 is 0 Å². The van der Waals surface area contributed by atoms with Crippen molar-refractivity contribution >= 4 is 23.2 Å². The van der Waals surface area contributed by atoms with Gasteiger partial charge in [0.05, 0.1) is 10.0 Å². The van der Waals surface area contributed by atoms with Gasteiger partial charge in [-0.3, -0.25) is 0 Å². The SMILES string of the molecule is N#CC(C#N)=C1N(CCN=[N+]=[N-])CCN1Cc1ccc(Cl)c(Cl)c1. The van der Waals surface area contributed by atoms with Crippen molar-refractivity contribution < 1.29 is 0 Å². The molecule has 0 N–H and O–H groups in total. The molecular formula is C15H13Cl2N7. The molecule has 1 saturated heterocycles. The van der Waals surface area contributed by atoms with Gasteiger partial charge >= 0.3 is 0 Å². The second kappa shape index (κ2) is 8.33. The van der Waals surface area contributed by atoms with Crippen molar-refractivity contribution in [1.82, 2.24) is 9.80 Å². The predicted molar refractivity (Wildman–Crippen MR) is 90.7 cm³/mol. The molecule has 2 rings (SSSR count). The number of hydrogen-bond acceptors (Lipinski definition) is 5. The lowest BCUT2D eigenvalue weighted by Crippen LogP contribution is -2.26. The second-order valence-corrected chi connectivity index (χ2v) is 5.85. The monoisotopic (exact) mass is 361 g/mol. The highest BCUT2D eigenvalue weighted by Crippen LogP contribution is 2.27. The fourth-order valence-electron chi connectivity index (χ4n) is 2.53. The van der Waals surface area contributed by atoms with Crippen molar-refractivity contribution in [3.05, 3.63) is 55.6 Å². The number of benzene rings is 1. The zero-order chi connectivity index (χ0) is 17.5. The summed E-state index contributed by atoms with van der Waals surface area (Å²) >= 11 is 12.0. The summed E-state index contributed by atoms with van der Waals surface area (Å²) in [6, 6.07) is 9.21. The summed E-state index contributed by atoms with van der Waals surface area (Å²) in [7, 11) is 0. The number of hydrogen-bond donors (Lipinski definition) is 0. The van der Waals surface area contributed by atoms with Crippen molar-refractivity contribution in [3.63, 3.8) is 0 Å². The Morgan fingerprint density at radius 3 is 2.54 bits per heavy atom. The van der Waals surface area contributed by atoms with Crippen molar-refractivity contribution in [1.29, 1.82) is 10.5 Å². The summed E-state index contributed by atoms with van der Waals surface area (Å²) in [5.74, 6) is 0.555. The summed E-state index contributed by atoms with van der Waals surface area (Å²) in [6.07, 6.45) is 0. The quantitative estimate of drug-likeness (QED) is 0.345. The molecule has 9 heteroatoms. The molecule has 0 amide bonds. The van der Waals surface area contributed by atoms with Crippen molar-refractivity contribution in [2.75, 3.05) is 26.2 Å². The average Bonchev–Trinajstić information content (AvgIpc) is 2.96. The van der Waals surface area contributed by atoms with Gasteiger partial charge in [0.2, 0.25) is 0 Å². The van der Waals surface area contributed by atoms with Crippen LogP contribution in [0.25, 0.3) is 10.4 Å². The van der Waals surface area contributed by atoms with Crippen LogP contribution in [0.5, 0.6) is 0 Å². The van der Waals surface area contributed by atoms with Crippen molar-refractivity contribution in [2.45, 2.75) is 6.54 Å². The summed E-state index contributed by atoms with van der Waals surface area (Å²) in [5.41, 5.74) is 9.35. The molecule has 0 radical (unpaired) electrons. The van der Waals surface area contributed by atoms with E-state index in [4.69, 9.17) is 28.7 Å². The molecule has 0 bridgehead atoms. The molecule has 1 heterocycles. The van der Waals surface area contributed by atoms with Crippen LogP contribution >= 0.6 is 23.2 Å². The maximum absolute atomic E-state index is 9.24. The van der Waals surface area contributed by atoms with E-state index in [1.54, 1.807) is 12.1 Å². The van der Waals surface area contributed by atoms with E-state index in [1.165, 1.54) is 0 Å². The first-order valence-electron chi connectivity index (χ1n) is 7.10. The highest BCUT2D eigenvalue weighted by Gasteiger charge is 2.28. The minimum absolute atomic E-state index is 0.0356. The fourth-order valence-corrected chi connectivity index (χ4v) is 2.86. The summed E-state index contributed by atoms with van der Waals surface area (Å²) in [5, 5.41) is 22.9. The summed E-state index contributed by atoms with van der Waals surface area (Å²) < 4.78 is 0. The zero-order valence-electron chi connectivity index (χ0n) is 12.7. The molecule has 0 aliphatic carbocycles. The lowest BCUT2D eigenvalue weighted by molar-refractivity contribution is 0.333. The molecule has 122 valence electrons. The topological polar surface area (TPSA) is 103 Å². The number of azide groups is 1. The van der Waals surface area contributed by atoms with Crippen LogP contribution < -0.4 is 0 Å². The summed E-state index contributed by atoms with van der Waals surface area (Å²) in [6.45, 7) is 2.51. The van der Waals surface area contributed by atoms with Gasteiger partial charge in [0.1, 0.15) is 18.0 Å². The molecular weight excluding hydrogens is 349 g/mol. The molecule has 7 nitrogen and oxygen atoms in total. The van der Waals surface area contributed by atoms with Crippen LogP contribution in [0.15, 0.2) is 34.7 Å². The Kier molecular flexibility index (Phi) is 6.17. The van der Waals surface area contributed by atoms with Gasteiger partial charge in [-0.2, -0.15) is 10.5 Å². The number of rotatable bonds is 5. The molecule has 1 aliphatic rings. The molecule has 0 atom stereocenters. The Balaban J connectivity index is 2.26. The third kappa shape index (κ3) is 4.04. The smallest absolute Gasteiger partial charge is 0.169 e. The van der Waals surface area contributed by atoms with Gasteiger partial charge in [-0.05, 0) is 23.2 Å². The van der Waals surface area contributed by atoms with Gasteiger partial charge in [-0.15, -0.1) is 0 Å². The minimum Gasteiger partial charge on any atom is -0.355 e. The molecule has 1 aliphatic heterocycles. The lowest BCUT2D eigenvalue weighted by atomic mass is 10.2. The standard InChI is InChI=1S/C15H13Cl2N7/c16-13-2-1-11(7-14(13)17)10-24-6-5-23(4-3-21-22-20)15(24)12(8-18)9-19/h1-2,7H,3-6,10H2. The Bertz CT molecular complexity index is 768. The Morgan fingerprint density at radius 1 is 1.21 bits per heavy atom. The van der Waals surface area contributed by atoms with Gasteiger partial charge in [-0.25, -0.2) is 0 Å². The molecule has 0 unspecified atom stereocenters. The minimum atomic E-state index is 0.0356. The van der Waals surface area contributed by atoms with Crippen LogP contribution in [0.1, 0.15) is 5.56 Å². The molecule has 0 saturated carbocycles. The van der Waals surface area contributed by atoms with Crippen LogP contribution in [-0.4, -0.2) is 36.0 Å².